The van der Waals surface area contributed by atoms with Crippen molar-refractivity contribution in [3.8, 4) is 0 Å². The zero-order valence-electron chi connectivity index (χ0n) is 9.34. The summed E-state index contributed by atoms with van der Waals surface area (Å²) in [7, 11) is 1.96. The van der Waals surface area contributed by atoms with Crippen molar-refractivity contribution in [2.75, 3.05) is 12.1 Å². The van der Waals surface area contributed by atoms with Crippen LogP contribution in [0.2, 0.25) is 0 Å². The van der Waals surface area contributed by atoms with E-state index in [9.17, 15) is 4.79 Å². The molecule has 0 N–H and O–H groups in total. The summed E-state index contributed by atoms with van der Waals surface area (Å²) in [4.78, 5) is 12.0. The second-order valence-electron chi connectivity index (χ2n) is 4.09. The molecule has 1 amide bonds. The average molecular weight is 204 g/mol. The van der Waals surface area contributed by atoms with E-state index in [2.05, 4.69) is 6.92 Å². The van der Waals surface area contributed by atoms with E-state index in [0.717, 1.165) is 5.69 Å². The second kappa shape index (κ2) is 3.66. The third kappa shape index (κ3) is 1.53. The molecule has 2 rings (SSSR count). The Hall–Kier alpha value is -1.35. The van der Waals surface area contributed by atoms with Crippen LogP contribution in [-0.2, 0) is 4.79 Å². The van der Waals surface area contributed by atoms with Gasteiger partial charge < -0.3 is 0 Å². The van der Waals surface area contributed by atoms with Gasteiger partial charge in [0.15, 0.2) is 0 Å². The summed E-state index contributed by atoms with van der Waals surface area (Å²) < 4.78 is 0. The van der Waals surface area contributed by atoms with Crippen LogP contribution in [0.15, 0.2) is 30.3 Å². The van der Waals surface area contributed by atoms with E-state index < -0.39 is 0 Å². The Morgan fingerprint density at radius 1 is 1.13 bits per heavy atom. The van der Waals surface area contributed by atoms with E-state index in [1.54, 1.807) is 5.01 Å². The van der Waals surface area contributed by atoms with Crippen LogP contribution in [0.5, 0.6) is 0 Å². The predicted molar refractivity (Wildman–Crippen MR) is 60.3 cm³/mol. The standard InChI is InChI=1S/C12H16N2O/c1-9-10(2)13(3)14(12(9)15)11-7-5-4-6-8-11/h4-10H,1-3H3. The van der Waals surface area contributed by atoms with Crippen molar-refractivity contribution in [1.29, 1.82) is 0 Å². The van der Waals surface area contributed by atoms with Gasteiger partial charge in [0, 0.05) is 13.1 Å². The van der Waals surface area contributed by atoms with Gasteiger partial charge in [0.1, 0.15) is 0 Å². The molecule has 3 heteroatoms. The predicted octanol–water partition coefficient (Wildman–Crippen LogP) is 1.90. The first-order valence-electron chi connectivity index (χ1n) is 5.24. The number of hydrogen-bond donors (Lipinski definition) is 0. The first-order valence-corrected chi connectivity index (χ1v) is 5.24. The minimum atomic E-state index is 0.0650. The van der Waals surface area contributed by atoms with E-state index in [4.69, 9.17) is 0 Å². The molecule has 0 aliphatic carbocycles. The van der Waals surface area contributed by atoms with Crippen LogP contribution >= 0.6 is 0 Å². The van der Waals surface area contributed by atoms with Crippen LogP contribution in [0.4, 0.5) is 5.69 Å². The number of anilines is 1. The number of nitrogens with zero attached hydrogens (tertiary/aromatic N) is 2. The Balaban J connectivity index is 2.35. The molecule has 1 aliphatic heterocycles. The van der Waals surface area contributed by atoms with Gasteiger partial charge in [-0.2, -0.15) is 0 Å². The fourth-order valence-electron chi connectivity index (χ4n) is 1.94. The Labute approximate surface area is 90.3 Å². The Bertz CT molecular complexity index is 363. The summed E-state index contributed by atoms with van der Waals surface area (Å²) in [5.41, 5.74) is 0.946. The van der Waals surface area contributed by atoms with Gasteiger partial charge >= 0.3 is 0 Å². The van der Waals surface area contributed by atoms with Gasteiger partial charge in [-0.1, -0.05) is 25.1 Å². The smallest absolute Gasteiger partial charge is 0.246 e. The van der Waals surface area contributed by atoms with Crippen molar-refractivity contribution in [3.05, 3.63) is 30.3 Å². The second-order valence-corrected chi connectivity index (χ2v) is 4.09. The third-order valence-electron chi connectivity index (χ3n) is 3.23. The lowest BCUT2D eigenvalue weighted by Crippen LogP contribution is -2.38. The number of amides is 1. The molecule has 0 radical (unpaired) electrons. The summed E-state index contributed by atoms with van der Waals surface area (Å²) in [6, 6.07) is 10.0. The van der Waals surface area contributed by atoms with Crippen molar-refractivity contribution < 1.29 is 4.79 Å². The van der Waals surface area contributed by atoms with Crippen molar-refractivity contribution in [2.24, 2.45) is 5.92 Å². The van der Waals surface area contributed by atoms with Crippen LogP contribution in [0.1, 0.15) is 13.8 Å². The van der Waals surface area contributed by atoms with E-state index in [-0.39, 0.29) is 17.9 Å². The van der Waals surface area contributed by atoms with Crippen molar-refractivity contribution in [2.45, 2.75) is 19.9 Å². The number of para-hydroxylation sites is 1. The molecule has 0 bridgehead atoms. The molecule has 1 aromatic carbocycles. The minimum Gasteiger partial charge on any atom is -0.273 e. The van der Waals surface area contributed by atoms with Gasteiger partial charge in [0.05, 0.1) is 11.6 Å². The summed E-state index contributed by atoms with van der Waals surface area (Å²) in [6.45, 7) is 4.05. The van der Waals surface area contributed by atoms with Crippen LogP contribution in [0, 0.1) is 5.92 Å². The van der Waals surface area contributed by atoms with Crippen LogP contribution in [0.3, 0.4) is 0 Å². The number of hydrazine groups is 1. The number of rotatable bonds is 1. The molecular formula is C12H16N2O. The van der Waals surface area contributed by atoms with Gasteiger partial charge in [-0.3, -0.25) is 4.79 Å². The average Bonchev–Trinajstić information content (AvgIpc) is 2.45. The van der Waals surface area contributed by atoms with E-state index in [1.807, 2.05) is 49.3 Å². The number of carbonyl (C=O) groups is 1. The zero-order chi connectivity index (χ0) is 11.0. The molecule has 1 aliphatic rings. The molecule has 2 atom stereocenters. The normalized spacial score (nSPS) is 27.4. The van der Waals surface area contributed by atoms with Crippen molar-refractivity contribution >= 4 is 11.6 Å². The lowest BCUT2D eigenvalue weighted by atomic mass is 10.1. The number of hydrogen-bond acceptors (Lipinski definition) is 2. The van der Waals surface area contributed by atoms with E-state index in [1.165, 1.54) is 0 Å². The first-order chi connectivity index (χ1) is 7.13. The molecule has 0 aromatic heterocycles. The number of benzene rings is 1. The molecule has 80 valence electrons. The maximum atomic E-state index is 12.0. The van der Waals surface area contributed by atoms with E-state index in [0.29, 0.717) is 0 Å². The van der Waals surface area contributed by atoms with Gasteiger partial charge in [-0.25, -0.2) is 10.0 Å². The molecule has 0 saturated carbocycles. The Morgan fingerprint density at radius 3 is 2.20 bits per heavy atom. The monoisotopic (exact) mass is 204 g/mol. The molecule has 1 aromatic rings. The van der Waals surface area contributed by atoms with Gasteiger partial charge in [0.25, 0.3) is 0 Å². The van der Waals surface area contributed by atoms with Crippen LogP contribution in [-0.4, -0.2) is 24.0 Å². The lowest BCUT2D eigenvalue weighted by Gasteiger charge is -2.26. The first kappa shape index (κ1) is 10.2. The Morgan fingerprint density at radius 2 is 1.73 bits per heavy atom. The fourth-order valence-corrected chi connectivity index (χ4v) is 1.94. The lowest BCUT2D eigenvalue weighted by molar-refractivity contribution is -0.120. The molecular weight excluding hydrogens is 188 g/mol. The highest BCUT2D eigenvalue weighted by Crippen LogP contribution is 2.28. The summed E-state index contributed by atoms with van der Waals surface area (Å²) >= 11 is 0. The molecule has 15 heavy (non-hydrogen) atoms. The maximum absolute atomic E-state index is 12.0. The van der Waals surface area contributed by atoms with E-state index >= 15 is 0 Å². The minimum absolute atomic E-state index is 0.0650. The Kier molecular flexibility index (Phi) is 2.49. The molecule has 2 unspecified atom stereocenters. The van der Waals surface area contributed by atoms with Crippen LogP contribution < -0.4 is 5.01 Å². The van der Waals surface area contributed by atoms with Gasteiger partial charge in [-0.15, -0.1) is 0 Å². The van der Waals surface area contributed by atoms with Gasteiger partial charge in [-0.05, 0) is 19.1 Å². The zero-order valence-corrected chi connectivity index (χ0v) is 9.34. The SMILES string of the molecule is CC1C(=O)N(c2ccccc2)N(C)C1C. The number of carbonyl (C=O) groups excluding carboxylic acids is 1. The van der Waals surface area contributed by atoms with Crippen molar-refractivity contribution in [1.82, 2.24) is 5.01 Å². The van der Waals surface area contributed by atoms with Gasteiger partial charge in [0.2, 0.25) is 5.91 Å². The molecule has 1 saturated heterocycles. The summed E-state index contributed by atoms with van der Waals surface area (Å²) in [6.07, 6.45) is 0. The summed E-state index contributed by atoms with van der Waals surface area (Å²) in [5, 5.41) is 3.76. The topological polar surface area (TPSA) is 23.6 Å². The summed E-state index contributed by atoms with van der Waals surface area (Å²) in [5.74, 6) is 0.242. The van der Waals surface area contributed by atoms with Crippen LogP contribution in [0.25, 0.3) is 0 Å². The molecule has 1 fully saturated rings. The fraction of sp³-hybridized carbons (Fsp3) is 0.417. The molecule has 3 nitrogen and oxygen atoms in total. The quantitative estimate of drug-likeness (QED) is 0.697. The molecule has 0 spiro atoms. The highest BCUT2D eigenvalue weighted by molar-refractivity contribution is 5.96. The third-order valence-corrected chi connectivity index (χ3v) is 3.23. The highest BCUT2D eigenvalue weighted by Gasteiger charge is 2.39. The molecule has 1 heterocycles. The largest absolute Gasteiger partial charge is 0.273 e. The highest BCUT2D eigenvalue weighted by atomic mass is 16.2. The maximum Gasteiger partial charge on any atom is 0.246 e. The van der Waals surface area contributed by atoms with Crippen molar-refractivity contribution in [3.63, 3.8) is 0 Å².